The zero-order valence-corrected chi connectivity index (χ0v) is 19.1. The van der Waals surface area contributed by atoms with Gasteiger partial charge >= 0.3 is 28.4 Å². The number of rotatable bonds is 6. The number of amides is 2. The van der Waals surface area contributed by atoms with E-state index in [2.05, 4.69) is 20.0 Å². The van der Waals surface area contributed by atoms with Gasteiger partial charge < -0.3 is 15.3 Å². The minimum Gasteiger partial charge on any atom is -0.366 e. The minimum absolute atomic E-state index is 0. The third-order valence-corrected chi connectivity index (χ3v) is 6.39. The molecule has 0 spiro atoms. The average Bonchev–Trinajstić information content (AvgIpc) is 2.68. The number of carbonyl (C=O) groups is 1. The van der Waals surface area contributed by atoms with Crippen molar-refractivity contribution in [3.8, 4) is 0 Å². The molecule has 0 fully saturated rings. The van der Waals surface area contributed by atoms with E-state index in [1.54, 1.807) is 0 Å². The van der Waals surface area contributed by atoms with Gasteiger partial charge in [-0.3, -0.25) is 4.72 Å². The zero-order chi connectivity index (χ0) is 21.8. The van der Waals surface area contributed by atoms with Crippen LogP contribution in [0.2, 0.25) is 5.02 Å². The molecule has 2 aromatic carbocycles. The van der Waals surface area contributed by atoms with Crippen LogP contribution in [0.25, 0.3) is 4.72 Å². The van der Waals surface area contributed by atoms with Gasteiger partial charge in [-0.15, -0.1) is 0 Å². The molecule has 0 bridgehead atoms. The number of halogens is 1. The Balaban J connectivity index is 0.00000341. The average molecular weight is 575 g/mol. The minimum atomic E-state index is -4.11. The molecule has 2 amide bonds. The van der Waals surface area contributed by atoms with Crippen molar-refractivity contribution >= 4 is 49.3 Å². The van der Waals surface area contributed by atoms with Crippen LogP contribution in [0.5, 0.6) is 0 Å². The smallest absolute Gasteiger partial charge is 0.366 e. The predicted molar refractivity (Wildman–Crippen MR) is 109 cm³/mol. The van der Waals surface area contributed by atoms with Gasteiger partial charge in [-0.25, -0.2) is 26.4 Å². The summed E-state index contributed by atoms with van der Waals surface area (Å²) in [6, 6.07) is 10.7. The van der Waals surface area contributed by atoms with E-state index in [0.29, 0.717) is 5.02 Å². The molecule has 0 atom stereocenters. The number of urea groups is 1. The van der Waals surface area contributed by atoms with E-state index in [0.717, 1.165) is 0 Å². The topological polar surface area (TPSA) is 149 Å². The molecular weight excluding hydrogens is 562 g/mol. The summed E-state index contributed by atoms with van der Waals surface area (Å²) in [4.78, 5) is 19.2. The normalized spacial score (nSPS) is 11.1. The number of hydrogen-bond acceptors (Lipinski definition) is 7. The van der Waals surface area contributed by atoms with Gasteiger partial charge in [-0.1, -0.05) is 17.7 Å². The van der Waals surface area contributed by atoms with Gasteiger partial charge in [-0.2, -0.15) is 0 Å². The predicted octanol–water partition coefficient (Wildman–Crippen LogP) is 3.03. The summed E-state index contributed by atoms with van der Waals surface area (Å²) >= 11 is 5.71. The summed E-state index contributed by atoms with van der Waals surface area (Å²) in [5.41, 5.74) is 0.161. The fourth-order valence-electron chi connectivity index (χ4n) is 2.16. The fraction of sp³-hybridized carbons (Fsp3) is 0. The molecule has 3 rings (SSSR count). The van der Waals surface area contributed by atoms with Crippen molar-refractivity contribution in [2.75, 3.05) is 5.32 Å². The van der Waals surface area contributed by atoms with Crippen LogP contribution in [0.3, 0.4) is 0 Å². The molecule has 1 aromatic heterocycles. The van der Waals surface area contributed by atoms with Crippen molar-refractivity contribution in [2.24, 2.45) is 0 Å². The van der Waals surface area contributed by atoms with Crippen LogP contribution in [0.4, 0.5) is 16.4 Å². The number of sulfonamides is 2. The second-order valence-corrected chi connectivity index (χ2v) is 9.38. The Morgan fingerprint density at radius 2 is 1.42 bits per heavy atom. The van der Waals surface area contributed by atoms with Gasteiger partial charge in [0.15, 0.2) is 0 Å². The molecule has 0 aliphatic carbocycles. The van der Waals surface area contributed by atoms with Crippen molar-refractivity contribution in [3.05, 3.63) is 76.7 Å². The molecule has 14 heteroatoms. The van der Waals surface area contributed by atoms with E-state index >= 15 is 0 Å². The molecule has 0 aliphatic rings. The zero-order valence-electron chi connectivity index (χ0n) is 15.2. The van der Waals surface area contributed by atoms with Gasteiger partial charge in [0.05, 0.1) is 9.79 Å². The molecule has 2 N–H and O–H groups in total. The summed E-state index contributed by atoms with van der Waals surface area (Å²) in [7, 11) is -8.17. The summed E-state index contributed by atoms with van der Waals surface area (Å²) in [6.45, 7) is 0. The van der Waals surface area contributed by atoms with Crippen molar-refractivity contribution in [1.82, 2.24) is 14.7 Å². The van der Waals surface area contributed by atoms with Gasteiger partial charge in [0, 0.05) is 16.7 Å². The first-order valence-corrected chi connectivity index (χ1v) is 11.4. The number of carbonyl (C=O) groups excluding carboxylic acids is 1. The Hall–Kier alpha value is -2.48. The van der Waals surface area contributed by atoms with Crippen molar-refractivity contribution in [2.45, 2.75) is 9.79 Å². The monoisotopic (exact) mass is 573 g/mol. The standard InChI is InChI=1S/C17H14ClN5O5S2.Ag/c18-12-2-6-14(7-3-12)30(27,28)23-17(24)21-13-4-8-15(9-5-13)29(25,26)22-16-19-10-1-11-20-16;/h1-11H,(H3,19,20,21,22,23,24);/q;+1/p-1. The molecule has 0 aliphatic heterocycles. The van der Waals surface area contributed by atoms with Crippen LogP contribution >= 0.6 is 11.6 Å². The number of aromatic nitrogens is 2. The van der Waals surface area contributed by atoms with Crippen LogP contribution in [0, 0.1) is 0 Å². The van der Waals surface area contributed by atoms with E-state index in [1.807, 2.05) is 4.72 Å². The largest absolute Gasteiger partial charge is 1.00 e. The SMILES string of the molecule is O=C(Nc1ccc(S(=O)(=O)[N-]c2ncccn2)cc1)NS(=O)(=O)c1ccc(Cl)cc1.[Ag+]. The molecular formula is C17H13AgClN5O5S2. The van der Waals surface area contributed by atoms with Gasteiger partial charge in [0.1, 0.15) is 0 Å². The number of anilines is 1. The third kappa shape index (κ3) is 6.75. The van der Waals surface area contributed by atoms with E-state index in [1.165, 1.54) is 67.0 Å². The third-order valence-electron chi connectivity index (χ3n) is 3.52. The van der Waals surface area contributed by atoms with E-state index in [4.69, 9.17) is 11.6 Å². The number of nitrogens with zero attached hydrogens (tertiary/aromatic N) is 3. The summed E-state index contributed by atoms with van der Waals surface area (Å²) < 4.78 is 54.3. The van der Waals surface area contributed by atoms with E-state index in [-0.39, 0.29) is 43.8 Å². The van der Waals surface area contributed by atoms with Crippen LogP contribution in [-0.2, 0) is 42.4 Å². The Kier molecular flexibility index (Phi) is 8.17. The Morgan fingerprint density at radius 1 is 0.871 bits per heavy atom. The molecule has 0 saturated heterocycles. The Bertz CT molecular complexity index is 1260. The first-order valence-electron chi connectivity index (χ1n) is 8.10. The summed E-state index contributed by atoms with van der Waals surface area (Å²) in [6.07, 6.45) is 2.70. The fourth-order valence-corrected chi connectivity index (χ4v) is 4.09. The first kappa shape index (κ1) is 24.8. The van der Waals surface area contributed by atoms with Crippen molar-refractivity contribution in [1.29, 1.82) is 0 Å². The summed E-state index contributed by atoms with van der Waals surface area (Å²) in [5, 5.41) is 2.65. The van der Waals surface area contributed by atoms with E-state index < -0.39 is 26.1 Å². The molecule has 0 radical (unpaired) electrons. The van der Waals surface area contributed by atoms with E-state index in [9.17, 15) is 21.6 Å². The molecule has 10 nitrogen and oxygen atoms in total. The molecule has 0 unspecified atom stereocenters. The molecule has 31 heavy (non-hydrogen) atoms. The maximum atomic E-state index is 12.3. The van der Waals surface area contributed by atoms with Gasteiger partial charge in [-0.05, 0) is 60.9 Å². The van der Waals surface area contributed by atoms with Crippen LogP contribution in [0.1, 0.15) is 0 Å². The summed E-state index contributed by atoms with van der Waals surface area (Å²) in [5.74, 6) is -0.216. The Labute approximate surface area is 199 Å². The molecule has 1 heterocycles. The van der Waals surface area contributed by atoms with Crippen LogP contribution in [-0.4, -0.2) is 32.8 Å². The molecule has 3 aromatic rings. The van der Waals surface area contributed by atoms with Crippen LogP contribution in [0.15, 0.2) is 76.8 Å². The quantitative estimate of drug-likeness (QED) is 0.430. The molecule has 166 valence electrons. The second-order valence-electron chi connectivity index (χ2n) is 5.65. The van der Waals surface area contributed by atoms with Crippen molar-refractivity contribution < 1.29 is 44.0 Å². The van der Waals surface area contributed by atoms with Crippen LogP contribution < -0.4 is 10.0 Å². The number of nitrogens with one attached hydrogen (secondary N) is 2. The maximum Gasteiger partial charge on any atom is 1.00 e. The first-order chi connectivity index (χ1) is 14.2. The Morgan fingerprint density at radius 3 is 2.00 bits per heavy atom. The number of hydrogen-bond donors (Lipinski definition) is 2. The van der Waals surface area contributed by atoms with Gasteiger partial charge in [0.25, 0.3) is 10.0 Å². The molecule has 0 saturated carbocycles. The second kappa shape index (κ2) is 10.2. The maximum absolute atomic E-state index is 12.3. The number of benzene rings is 2. The van der Waals surface area contributed by atoms with Gasteiger partial charge in [0.2, 0.25) is 10.0 Å². The van der Waals surface area contributed by atoms with Crippen molar-refractivity contribution in [3.63, 3.8) is 0 Å².